The molecule has 0 saturated heterocycles. The highest BCUT2D eigenvalue weighted by atomic mass is 16.5. The molecule has 0 unspecified atom stereocenters. The van der Waals surface area contributed by atoms with Gasteiger partial charge in [0.1, 0.15) is 6.61 Å². The van der Waals surface area contributed by atoms with Crippen LogP contribution in [0.1, 0.15) is 125 Å². The molecule has 46 heavy (non-hydrogen) atoms. The number of esters is 2. The van der Waals surface area contributed by atoms with E-state index in [1.807, 2.05) is 37.3 Å². The Labute approximate surface area is 277 Å². The smallest absolute Gasteiger partial charge is 0.312 e. The number of hydrogen-bond donors (Lipinski definition) is 0. The Balaban J connectivity index is 1.31. The van der Waals surface area contributed by atoms with Crippen LogP contribution in [-0.4, -0.2) is 24.3 Å². The Morgan fingerprint density at radius 2 is 1.54 bits per heavy atom. The van der Waals surface area contributed by atoms with Gasteiger partial charge in [0.05, 0.1) is 17.9 Å². The lowest BCUT2D eigenvalue weighted by molar-refractivity contribution is -0.199. The van der Waals surface area contributed by atoms with Crippen molar-refractivity contribution in [2.45, 2.75) is 126 Å². The second kappa shape index (κ2) is 11.3. The van der Waals surface area contributed by atoms with E-state index in [0.29, 0.717) is 13.2 Å². The minimum absolute atomic E-state index is 0.0550. The SMILES string of the molecule is CCCOC(=O)[C@H]1CC[C@]2(C)[C@H]3C(=O)C=C4[C@@H]5C[C@@](C)(C(=O)OCc6ccccc6)CC[C@]5(C)CC[C@@]4(C)[C@]3(C)CC[C@H]2C1(C)C. The molecule has 0 heterocycles. The molecule has 0 aliphatic heterocycles. The van der Waals surface area contributed by atoms with Crippen LogP contribution >= 0.6 is 0 Å². The number of rotatable bonds is 6. The maximum atomic E-state index is 14.7. The second-order valence-corrected chi connectivity index (χ2v) is 17.9. The van der Waals surface area contributed by atoms with E-state index in [0.717, 1.165) is 69.8 Å². The molecule has 5 aliphatic carbocycles. The van der Waals surface area contributed by atoms with Gasteiger partial charge in [0, 0.05) is 5.92 Å². The van der Waals surface area contributed by atoms with Crippen LogP contribution < -0.4 is 0 Å². The van der Waals surface area contributed by atoms with Crippen LogP contribution in [0, 0.1) is 56.2 Å². The molecule has 0 aromatic heterocycles. The molecular formula is C41H58O5. The summed E-state index contributed by atoms with van der Waals surface area (Å²) in [5.41, 5.74) is 1.12. The van der Waals surface area contributed by atoms with Gasteiger partial charge in [-0.15, -0.1) is 0 Å². The minimum Gasteiger partial charge on any atom is -0.465 e. The van der Waals surface area contributed by atoms with Crippen molar-refractivity contribution in [2.75, 3.05) is 6.61 Å². The van der Waals surface area contributed by atoms with E-state index >= 15 is 0 Å². The van der Waals surface area contributed by atoms with Crippen LogP contribution in [-0.2, 0) is 30.5 Å². The van der Waals surface area contributed by atoms with E-state index in [4.69, 9.17) is 9.47 Å². The van der Waals surface area contributed by atoms with E-state index in [2.05, 4.69) is 54.5 Å². The third-order valence-electron chi connectivity index (χ3n) is 15.0. The van der Waals surface area contributed by atoms with Gasteiger partial charge in [-0.2, -0.15) is 0 Å². The van der Waals surface area contributed by atoms with Crippen molar-refractivity contribution in [3.8, 4) is 0 Å². The number of carbonyl (C=O) groups excluding carboxylic acids is 3. The number of benzene rings is 1. The van der Waals surface area contributed by atoms with Crippen LogP contribution in [0.15, 0.2) is 42.0 Å². The number of carbonyl (C=O) groups is 3. The molecule has 0 bridgehead atoms. The summed E-state index contributed by atoms with van der Waals surface area (Å²) >= 11 is 0. The first-order valence-electron chi connectivity index (χ1n) is 18.2. The second-order valence-electron chi connectivity index (χ2n) is 17.9. The van der Waals surface area contributed by atoms with Gasteiger partial charge >= 0.3 is 11.9 Å². The lowest BCUT2D eigenvalue weighted by Gasteiger charge is -2.70. The molecule has 5 nitrogen and oxygen atoms in total. The summed E-state index contributed by atoms with van der Waals surface area (Å²) < 4.78 is 11.6. The fraction of sp³-hybridized carbons (Fsp3) is 0.732. The predicted molar refractivity (Wildman–Crippen MR) is 180 cm³/mol. The number of fused-ring (bicyclic) bond motifs is 7. The first kappa shape index (κ1) is 33.5. The van der Waals surface area contributed by atoms with Crippen LogP contribution in [0.2, 0.25) is 0 Å². The summed E-state index contributed by atoms with van der Waals surface area (Å²) in [4.78, 5) is 41.7. The summed E-state index contributed by atoms with van der Waals surface area (Å²) in [6, 6.07) is 9.92. The Morgan fingerprint density at radius 1 is 0.848 bits per heavy atom. The zero-order valence-electron chi connectivity index (χ0n) is 29.8. The van der Waals surface area contributed by atoms with Gasteiger partial charge in [-0.25, -0.2) is 0 Å². The standard InChI is InChI=1S/C41H58O5/c1-9-23-45-34(43)28-15-17-39(6)32(36(28,2)3)16-18-41(8)33(39)31(42)24-29-30-25-38(5,20-19-37(30,4)21-22-40(29,41)7)35(44)46-26-27-13-11-10-12-14-27/h10-14,24,28,30,32-33H,9,15-23,25-26H2,1-8H3/t28-,30+,32+,33-,37-,38+,39+,40-,41-/m1/s1. The Morgan fingerprint density at radius 3 is 2.24 bits per heavy atom. The molecule has 9 atom stereocenters. The van der Waals surface area contributed by atoms with Crippen LogP contribution in [0.25, 0.3) is 0 Å². The van der Waals surface area contributed by atoms with E-state index < -0.39 is 5.41 Å². The highest BCUT2D eigenvalue weighted by Gasteiger charge is 2.70. The van der Waals surface area contributed by atoms with Gasteiger partial charge in [-0.05, 0) is 122 Å². The maximum Gasteiger partial charge on any atom is 0.312 e. The molecule has 0 N–H and O–H groups in total. The number of ketones is 1. The Hall–Kier alpha value is -2.43. The average Bonchev–Trinajstić information content (AvgIpc) is 3.00. The van der Waals surface area contributed by atoms with Gasteiger partial charge in [0.15, 0.2) is 5.78 Å². The van der Waals surface area contributed by atoms with Crippen molar-refractivity contribution in [3.63, 3.8) is 0 Å². The molecule has 0 spiro atoms. The first-order valence-corrected chi connectivity index (χ1v) is 18.2. The van der Waals surface area contributed by atoms with Crippen molar-refractivity contribution in [3.05, 3.63) is 47.5 Å². The molecular weight excluding hydrogens is 572 g/mol. The number of allylic oxidation sites excluding steroid dienone is 2. The van der Waals surface area contributed by atoms with E-state index in [-0.39, 0.29) is 68.5 Å². The predicted octanol–water partition coefficient (Wildman–Crippen LogP) is 9.28. The van der Waals surface area contributed by atoms with Crippen molar-refractivity contribution >= 4 is 17.7 Å². The largest absolute Gasteiger partial charge is 0.465 e. The topological polar surface area (TPSA) is 69.7 Å². The lowest BCUT2D eigenvalue weighted by Crippen LogP contribution is -2.66. The van der Waals surface area contributed by atoms with Crippen molar-refractivity contribution in [2.24, 2.45) is 56.2 Å². The molecule has 5 aliphatic rings. The van der Waals surface area contributed by atoms with Gasteiger partial charge in [-0.3, -0.25) is 14.4 Å². The van der Waals surface area contributed by atoms with Gasteiger partial charge in [0.25, 0.3) is 0 Å². The average molecular weight is 631 g/mol. The molecule has 0 amide bonds. The van der Waals surface area contributed by atoms with Gasteiger partial charge < -0.3 is 9.47 Å². The van der Waals surface area contributed by atoms with Gasteiger partial charge in [0.2, 0.25) is 0 Å². The maximum absolute atomic E-state index is 14.7. The monoisotopic (exact) mass is 630 g/mol. The summed E-state index contributed by atoms with van der Waals surface area (Å²) in [7, 11) is 0. The summed E-state index contributed by atoms with van der Waals surface area (Å²) in [5.74, 6) is 0.380. The Kier molecular flexibility index (Phi) is 8.25. The lowest BCUT2D eigenvalue weighted by atomic mass is 9.33. The zero-order valence-corrected chi connectivity index (χ0v) is 29.8. The highest BCUT2D eigenvalue weighted by molar-refractivity contribution is 5.96. The molecule has 5 heteroatoms. The third-order valence-corrected chi connectivity index (χ3v) is 15.0. The summed E-state index contributed by atoms with van der Waals surface area (Å²) in [6.07, 6.45) is 11.3. The molecule has 1 aromatic rings. The fourth-order valence-electron chi connectivity index (χ4n) is 12.0. The van der Waals surface area contributed by atoms with Crippen molar-refractivity contribution in [1.29, 1.82) is 0 Å². The Bertz CT molecular complexity index is 1410. The highest BCUT2D eigenvalue weighted by Crippen LogP contribution is 2.75. The summed E-state index contributed by atoms with van der Waals surface area (Å²) in [6.45, 7) is 19.1. The normalized spacial score (nSPS) is 42.8. The zero-order chi connectivity index (χ0) is 33.3. The molecule has 4 fully saturated rings. The molecule has 6 rings (SSSR count). The third kappa shape index (κ3) is 4.87. The van der Waals surface area contributed by atoms with Crippen LogP contribution in [0.3, 0.4) is 0 Å². The molecule has 0 radical (unpaired) electrons. The molecule has 252 valence electrons. The molecule has 4 saturated carbocycles. The van der Waals surface area contributed by atoms with Crippen LogP contribution in [0.4, 0.5) is 0 Å². The van der Waals surface area contributed by atoms with Gasteiger partial charge in [-0.1, -0.05) is 84.4 Å². The minimum atomic E-state index is -0.572. The molecule has 1 aromatic carbocycles. The number of hydrogen-bond acceptors (Lipinski definition) is 5. The van der Waals surface area contributed by atoms with E-state index in [9.17, 15) is 14.4 Å². The summed E-state index contributed by atoms with van der Waals surface area (Å²) in [5, 5.41) is 0. The first-order chi connectivity index (χ1) is 21.6. The van der Waals surface area contributed by atoms with Crippen molar-refractivity contribution < 1.29 is 23.9 Å². The van der Waals surface area contributed by atoms with E-state index in [1.165, 1.54) is 5.57 Å². The quantitative estimate of drug-likeness (QED) is 0.293. The van der Waals surface area contributed by atoms with E-state index in [1.54, 1.807) is 0 Å². The van der Waals surface area contributed by atoms with Crippen LogP contribution in [0.5, 0.6) is 0 Å². The number of ether oxygens (including phenoxy) is 2. The fourth-order valence-corrected chi connectivity index (χ4v) is 12.0. The van der Waals surface area contributed by atoms with Crippen molar-refractivity contribution in [1.82, 2.24) is 0 Å².